The molecular formula is C14H16N2O3. The number of hydroxylamine groups is 1. The highest BCUT2D eigenvalue weighted by Gasteiger charge is 2.37. The highest BCUT2D eigenvalue weighted by Crippen LogP contribution is 2.21. The van der Waals surface area contributed by atoms with E-state index in [9.17, 15) is 9.59 Å². The van der Waals surface area contributed by atoms with E-state index >= 15 is 0 Å². The van der Waals surface area contributed by atoms with Crippen molar-refractivity contribution in [3.05, 3.63) is 48.0 Å². The summed E-state index contributed by atoms with van der Waals surface area (Å²) in [5, 5.41) is 8.61. The minimum absolute atomic E-state index is 0.189. The first-order chi connectivity index (χ1) is 9.17. The lowest BCUT2D eigenvalue weighted by Gasteiger charge is -2.39. The maximum atomic E-state index is 12.3. The van der Waals surface area contributed by atoms with Gasteiger partial charge in [-0.25, -0.2) is 5.48 Å². The average Bonchev–Trinajstić information content (AvgIpc) is 2.38. The predicted molar refractivity (Wildman–Crippen MR) is 69.7 cm³/mol. The Morgan fingerprint density at radius 2 is 2.32 bits per heavy atom. The van der Waals surface area contributed by atoms with Crippen LogP contribution in [0.3, 0.4) is 0 Å². The fourth-order valence-electron chi connectivity index (χ4n) is 2.14. The van der Waals surface area contributed by atoms with Crippen LogP contribution in [0.25, 0.3) is 0 Å². The third kappa shape index (κ3) is 2.66. The molecule has 0 aromatic heterocycles. The minimum Gasteiger partial charge on any atom is -0.326 e. The SMILES string of the molecule is C=CCc1cccc(C(=O)N2CC[C@@H]2C(=O)NO)c1. The van der Waals surface area contributed by atoms with Crippen molar-refractivity contribution in [2.75, 3.05) is 6.54 Å². The van der Waals surface area contributed by atoms with Gasteiger partial charge in [0.15, 0.2) is 0 Å². The fourth-order valence-corrected chi connectivity index (χ4v) is 2.14. The monoisotopic (exact) mass is 260 g/mol. The number of hydrogen-bond donors (Lipinski definition) is 2. The van der Waals surface area contributed by atoms with Gasteiger partial charge in [0.2, 0.25) is 0 Å². The van der Waals surface area contributed by atoms with E-state index in [4.69, 9.17) is 5.21 Å². The minimum atomic E-state index is -0.569. The Hall–Kier alpha value is -2.14. The van der Waals surface area contributed by atoms with Gasteiger partial charge in [-0.3, -0.25) is 14.8 Å². The molecule has 0 aliphatic carbocycles. The molecule has 0 spiro atoms. The van der Waals surface area contributed by atoms with Gasteiger partial charge in [-0.2, -0.15) is 0 Å². The molecule has 100 valence electrons. The second-order valence-electron chi connectivity index (χ2n) is 4.47. The summed E-state index contributed by atoms with van der Waals surface area (Å²) in [4.78, 5) is 25.1. The molecule has 5 heteroatoms. The van der Waals surface area contributed by atoms with Crippen LogP contribution in [0.5, 0.6) is 0 Å². The molecule has 0 radical (unpaired) electrons. The Balaban J connectivity index is 2.13. The largest absolute Gasteiger partial charge is 0.326 e. The number of nitrogens with one attached hydrogen (secondary N) is 1. The quantitative estimate of drug-likeness (QED) is 0.484. The first-order valence-electron chi connectivity index (χ1n) is 6.12. The highest BCUT2D eigenvalue weighted by atomic mass is 16.5. The van der Waals surface area contributed by atoms with Gasteiger partial charge in [0, 0.05) is 12.1 Å². The molecule has 19 heavy (non-hydrogen) atoms. The van der Waals surface area contributed by atoms with E-state index in [-0.39, 0.29) is 5.91 Å². The zero-order chi connectivity index (χ0) is 13.8. The molecule has 0 saturated carbocycles. The Labute approximate surface area is 111 Å². The van der Waals surface area contributed by atoms with E-state index in [1.54, 1.807) is 23.7 Å². The van der Waals surface area contributed by atoms with E-state index in [1.165, 1.54) is 4.90 Å². The second-order valence-corrected chi connectivity index (χ2v) is 4.47. The van der Waals surface area contributed by atoms with Crippen LogP contribution in [0.1, 0.15) is 22.3 Å². The predicted octanol–water partition coefficient (Wildman–Crippen LogP) is 1.14. The number of hydrogen-bond acceptors (Lipinski definition) is 3. The van der Waals surface area contributed by atoms with Gasteiger partial charge in [0.05, 0.1) is 0 Å². The van der Waals surface area contributed by atoms with Crippen LogP contribution in [-0.2, 0) is 11.2 Å². The Morgan fingerprint density at radius 1 is 1.53 bits per heavy atom. The van der Waals surface area contributed by atoms with Crippen LogP contribution in [0, 0.1) is 0 Å². The van der Waals surface area contributed by atoms with Crippen LogP contribution in [0.15, 0.2) is 36.9 Å². The van der Waals surface area contributed by atoms with E-state index < -0.39 is 11.9 Å². The molecule has 1 aromatic carbocycles. The van der Waals surface area contributed by atoms with Crippen molar-refractivity contribution >= 4 is 11.8 Å². The lowest BCUT2D eigenvalue weighted by atomic mass is 9.99. The molecule has 5 nitrogen and oxygen atoms in total. The van der Waals surface area contributed by atoms with E-state index in [0.717, 1.165) is 5.56 Å². The number of carbonyl (C=O) groups excluding carboxylic acids is 2. The van der Waals surface area contributed by atoms with E-state index in [1.807, 2.05) is 12.1 Å². The lowest BCUT2D eigenvalue weighted by Crippen LogP contribution is -2.57. The second kappa shape index (κ2) is 5.67. The number of carbonyl (C=O) groups is 2. The molecule has 1 fully saturated rings. The summed E-state index contributed by atoms with van der Waals surface area (Å²) in [5.41, 5.74) is 3.14. The summed E-state index contributed by atoms with van der Waals surface area (Å²) < 4.78 is 0. The van der Waals surface area contributed by atoms with Crippen LogP contribution in [0.2, 0.25) is 0 Å². The molecular weight excluding hydrogens is 244 g/mol. The molecule has 1 aliphatic rings. The molecule has 1 aromatic rings. The van der Waals surface area contributed by atoms with Gasteiger partial charge in [-0.05, 0) is 30.5 Å². The Morgan fingerprint density at radius 3 is 2.89 bits per heavy atom. The lowest BCUT2D eigenvalue weighted by molar-refractivity contribution is -0.137. The summed E-state index contributed by atoms with van der Waals surface area (Å²) in [6.45, 7) is 4.19. The topological polar surface area (TPSA) is 69.6 Å². The van der Waals surface area contributed by atoms with E-state index in [0.29, 0.717) is 24.9 Å². The van der Waals surface area contributed by atoms with Gasteiger partial charge < -0.3 is 4.90 Å². The molecule has 1 saturated heterocycles. The molecule has 2 rings (SSSR count). The van der Waals surface area contributed by atoms with Crippen molar-refractivity contribution < 1.29 is 14.8 Å². The summed E-state index contributed by atoms with van der Waals surface area (Å²) in [6, 6.07) is 6.69. The van der Waals surface area contributed by atoms with Crippen LogP contribution < -0.4 is 5.48 Å². The van der Waals surface area contributed by atoms with Crippen molar-refractivity contribution in [1.82, 2.24) is 10.4 Å². The zero-order valence-corrected chi connectivity index (χ0v) is 10.5. The molecule has 1 aliphatic heterocycles. The van der Waals surface area contributed by atoms with Crippen LogP contribution in [-0.4, -0.2) is 34.5 Å². The normalized spacial score (nSPS) is 17.5. The first kappa shape index (κ1) is 13.3. The summed E-state index contributed by atoms with van der Waals surface area (Å²) in [6.07, 6.45) is 3.04. The number of likely N-dealkylation sites (tertiary alicyclic amines) is 1. The summed E-state index contributed by atoms with van der Waals surface area (Å²) in [7, 11) is 0. The number of amides is 2. The van der Waals surface area contributed by atoms with Crippen molar-refractivity contribution in [3.8, 4) is 0 Å². The van der Waals surface area contributed by atoms with Crippen molar-refractivity contribution in [1.29, 1.82) is 0 Å². The van der Waals surface area contributed by atoms with Gasteiger partial charge in [-0.15, -0.1) is 6.58 Å². The third-order valence-corrected chi connectivity index (χ3v) is 3.25. The van der Waals surface area contributed by atoms with Crippen molar-refractivity contribution in [2.45, 2.75) is 18.9 Å². The first-order valence-corrected chi connectivity index (χ1v) is 6.12. The highest BCUT2D eigenvalue weighted by molar-refractivity contribution is 5.98. The number of rotatable bonds is 4. The van der Waals surface area contributed by atoms with Gasteiger partial charge >= 0.3 is 0 Å². The number of allylic oxidation sites excluding steroid dienone is 1. The summed E-state index contributed by atoms with van der Waals surface area (Å²) >= 11 is 0. The number of nitrogens with zero attached hydrogens (tertiary/aromatic N) is 1. The Bertz CT molecular complexity index is 513. The standard InChI is InChI=1S/C14H16N2O3/c1-2-4-10-5-3-6-11(9-10)14(18)16-8-7-12(16)13(17)15-19/h2-3,5-6,9,12,19H,1,4,7-8H2,(H,15,17)/t12-/m1/s1. The molecule has 0 bridgehead atoms. The van der Waals surface area contributed by atoms with Crippen LogP contribution in [0.4, 0.5) is 0 Å². The third-order valence-electron chi connectivity index (χ3n) is 3.25. The van der Waals surface area contributed by atoms with Crippen molar-refractivity contribution in [2.24, 2.45) is 0 Å². The summed E-state index contributed by atoms with van der Waals surface area (Å²) in [5.74, 6) is -0.729. The molecule has 2 N–H and O–H groups in total. The smallest absolute Gasteiger partial charge is 0.266 e. The van der Waals surface area contributed by atoms with Gasteiger partial charge in [-0.1, -0.05) is 18.2 Å². The number of benzene rings is 1. The molecule has 1 atom stereocenters. The van der Waals surface area contributed by atoms with E-state index in [2.05, 4.69) is 6.58 Å². The molecule has 1 heterocycles. The van der Waals surface area contributed by atoms with Gasteiger partial charge in [0.1, 0.15) is 6.04 Å². The maximum absolute atomic E-state index is 12.3. The zero-order valence-electron chi connectivity index (χ0n) is 10.5. The average molecular weight is 260 g/mol. The van der Waals surface area contributed by atoms with Crippen molar-refractivity contribution in [3.63, 3.8) is 0 Å². The molecule has 0 unspecified atom stereocenters. The molecule has 2 amide bonds. The van der Waals surface area contributed by atoms with Gasteiger partial charge in [0.25, 0.3) is 11.8 Å². The van der Waals surface area contributed by atoms with Crippen LogP contribution >= 0.6 is 0 Å². The Kier molecular flexibility index (Phi) is 3.97. The fraction of sp³-hybridized carbons (Fsp3) is 0.286. The maximum Gasteiger partial charge on any atom is 0.266 e.